The number of aliphatic hydroxyl groups excluding tert-OH is 4. The third kappa shape index (κ3) is 2.87. The van der Waals surface area contributed by atoms with Crippen LogP contribution in [0.5, 0.6) is 0 Å². The number of aliphatic hydroxyl groups is 4. The number of rotatable bonds is 3. The molecule has 5 atom stereocenters. The van der Waals surface area contributed by atoms with Crippen LogP contribution < -0.4 is 0 Å². The van der Waals surface area contributed by atoms with Crippen LogP contribution in [0.15, 0.2) is 0 Å². The van der Waals surface area contributed by atoms with Gasteiger partial charge in [0, 0.05) is 0 Å². The van der Waals surface area contributed by atoms with E-state index >= 15 is 0 Å². The highest BCUT2D eigenvalue weighted by atomic mass is 16.7. The minimum atomic E-state index is -1.38. The van der Waals surface area contributed by atoms with E-state index in [1.54, 1.807) is 13.8 Å². The van der Waals surface area contributed by atoms with Gasteiger partial charge in [-0.25, -0.2) is 0 Å². The van der Waals surface area contributed by atoms with Gasteiger partial charge in [-0.15, -0.1) is 0 Å². The first-order valence-electron chi connectivity index (χ1n) is 4.93. The van der Waals surface area contributed by atoms with Crippen molar-refractivity contribution in [2.24, 2.45) is 0 Å². The monoisotopic (exact) mass is 222 g/mol. The topological polar surface area (TPSA) is 99.4 Å². The summed E-state index contributed by atoms with van der Waals surface area (Å²) in [6.07, 6.45) is -6.15. The van der Waals surface area contributed by atoms with Gasteiger partial charge >= 0.3 is 0 Å². The highest BCUT2D eigenvalue weighted by Crippen LogP contribution is 2.22. The first-order valence-corrected chi connectivity index (χ1v) is 4.93. The fraction of sp³-hybridized carbons (Fsp3) is 1.00. The molecule has 0 radical (unpaired) electrons. The minimum absolute atomic E-state index is 0.188. The summed E-state index contributed by atoms with van der Waals surface area (Å²) in [6, 6.07) is 0. The molecule has 0 saturated carbocycles. The summed E-state index contributed by atoms with van der Waals surface area (Å²) >= 11 is 0. The molecule has 6 heteroatoms. The van der Waals surface area contributed by atoms with Gasteiger partial charge in [0.25, 0.3) is 0 Å². The van der Waals surface area contributed by atoms with Crippen LogP contribution in [-0.2, 0) is 9.47 Å². The van der Waals surface area contributed by atoms with E-state index in [2.05, 4.69) is 0 Å². The van der Waals surface area contributed by atoms with E-state index in [0.29, 0.717) is 0 Å². The van der Waals surface area contributed by atoms with Gasteiger partial charge in [0.05, 0.1) is 12.7 Å². The first kappa shape index (κ1) is 12.8. The average Bonchev–Trinajstić information content (AvgIpc) is 2.18. The summed E-state index contributed by atoms with van der Waals surface area (Å²) in [6.45, 7) is 3.06. The number of hydrogen-bond donors (Lipinski definition) is 4. The predicted octanol–water partition coefficient (Wildman–Crippen LogP) is -1.79. The SMILES string of the molecule is CC(C)OC1OC(CO)[C@@H](O)C(O)[C@H]1O. The van der Waals surface area contributed by atoms with Crippen molar-refractivity contribution in [2.45, 2.75) is 50.7 Å². The van der Waals surface area contributed by atoms with Crippen LogP contribution in [0, 0.1) is 0 Å². The van der Waals surface area contributed by atoms with Crippen molar-refractivity contribution in [2.75, 3.05) is 6.61 Å². The van der Waals surface area contributed by atoms with Gasteiger partial charge in [-0.3, -0.25) is 0 Å². The molecule has 1 aliphatic heterocycles. The smallest absolute Gasteiger partial charge is 0.186 e. The van der Waals surface area contributed by atoms with Gasteiger partial charge in [0.2, 0.25) is 0 Å². The van der Waals surface area contributed by atoms with E-state index in [4.69, 9.17) is 14.6 Å². The summed E-state index contributed by atoms with van der Waals surface area (Å²) in [5.41, 5.74) is 0. The fourth-order valence-corrected chi connectivity index (χ4v) is 1.45. The van der Waals surface area contributed by atoms with E-state index < -0.39 is 37.3 Å². The van der Waals surface area contributed by atoms with Crippen LogP contribution in [0.1, 0.15) is 13.8 Å². The summed E-state index contributed by atoms with van der Waals surface area (Å²) in [7, 11) is 0. The normalized spacial score (nSPS) is 42.2. The Kier molecular flexibility index (Phi) is 4.45. The quantitative estimate of drug-likeness (QED) is 0.450. The molecule has 0 aromatic carbocycles. The minimum Gasteiger partial charge on any atom is -0.394 e. The Hall–Kier alpha value is -0.240. The lowest BCUT2D eigenvalue weighted by Crippen LogP contribution is -2.59. The van der Waals surface area contributed by atoms with E-state index in [9.17, 15) is 15.3 Å². The van der Waals surface area contributed by atoms with Crippen molar-refractivity contribution < 1.29 is 29.9 Å². The summed E-state index contributed by atoms with van der Waals surface area (Å²) in [5, 5.41) is 37.3. The third-order valence-electron chi connectivity index (χ3n) is 2.25. The van der Waals surface area contributed by atoms with Gasteiger partial charge in [-0.1, -0.05) is 0 Å². The molecular weight excluding hydrogens is 204 g/mol. The van der Waals surface area contributed by atoms with Gasteiger partial charge in [0.15, 0.2) is 6.29 Å². The second-order valence-corrected chi connectivity index (χ2v) is 3.88. The zero-order valence-electron chi connectivity index (χ0n) is 8.78. The van der Waals surface area contributed by atoms with Gasteiger partial charge < -0.3 is 29.9 Å². The highest BCUT2D eigenvalue weighted by Gasteiger charge is 2.44. The van der Waals surface area contributed by atoms with Crippen molar-refractivity contribution in [3.05, 3.63) is 0 Å². The Morgan fingerprint density at radius 3 is 2.20 bits per heavy atom. The standard InChI is InChI=1S/C9H18O6/c1-4(2)14-9-8(13)7(12)6(11)5(3-10)15-9/h4-13H,3H2,1-2H3/t5?,6-,7?,8-,9?/m1/s1. The molecular formula is C9H18O6. The van der Waals surface area contributed by atoms with E-state index in [1.165, 1.54) is 0 Å². The second-order valence-electron chi connectivity index (χ2n) is 3.88. The van der Waals surface area contributed by atoms with Crippen molar-refractivity contribution in [1.82, 2.24) is 0 Å². The molecule has 0 aromatic heterocycles. The molecule has 0 aliphatic carbocycles. The first-order chi connectivity index (χ1) is 6.97. The second kappa shape index (κ2) is 5.20. The van der Waals surface area contributed by atoms with Crippen molar-refractivity contribution in [3.63, 3.8) is 0 Å². The maximum atomic E-state index is 9.53. The van der Waals surface area contributed by atoms with Gasteiger partial charge in [0.1, 0.15) is 24.4 Å². The van der Waals surface area contributed by atoms with Crippen molar-refractivity contribution in [3.8, 4) is 0 Å². The Labute approximate surface area is 88.1 Å². The Morgan fingerprint density at radius 2 is 1.73 bits per heavy atom. The molecule has 0 spiro atoms. The van der Waals surface area contributed by atoms with Crippen LogP contribution in [0.3, 0.4) is 0 Å². The largest absolute Gasteiger partial charge is 0.394 e. The lowest BCUT2D eigenvalue weighted by molar-refractivity contribution is -0.308. The lowest BCUT2D eigenvalue weighted by Gasteiger charge is -2.40. The van der Waals surface area contributed by atoms with Crippen molar-refractivity contribution in [1.29, 1.82) is 0 Å². The Bertz CT molecular complexity index is 195. The molecule has 1 aliphatic rings. The van der Waals surface area contributed by atoms with Gasteiger partial charge in [-0.05, 0) is 13.8 Å². The van der Waals surface area contributed by atoms with Crippen LogP contribution >= 0.6 is 0 Å². The number of ether oxygens (including phenoxy) is 2. The Balaban J connectivity index is 2.65. The van der Waals surface area contributed by atoms with E-state index in [-0.39, 0.29) is 6.10 Å². The summed E-state index contributed by atoms with van der Waals surface area (Å²) in [4.78, 5) is 0. The molecule has 3 unspecified atom stereocenters. The molecule has 1 fully saturated rings. The lowest BCUT2D eigenvalue weighted by atomic mass is 9.99. The molecule has 6 nitrogen and oxygen atoms in total. The van der Waals surface area contributed by atoms with Crippen LogP contribution in [0.2, 0.25) is 0 Å². The molecule has 1 heterocycles. The molecule has 15 heavy (non-hydrogen) atoms. The highest BCUT2D eigenvalue weighted by molar-refractivity contribution is 4.88. The summed E-state index contributed by atoms with van der Waals surface area (Å²) in [5.74, 6) is 0. The van der Waals surface area contributed by atoms with E-state index in [0.717, 1.165) is 0 Å². The molecule has 0 aromatic rings. The molecule has 0 bridgehead atoms. The van der Waals surface area contributed by atoms with Crippen LogP contribution in [0.25, 0.3) is 0 Å². The zero-order valence-corrected chi connectivity index (χ0v) is 8.78. The van der Waals surface area contributed by atoms with Crippen LogP contribution in [0.4, 0.5) is 0 Å². The molecule has 90 valence electrons. The van der Waals surface area contributed by atoms with Gasteiger partial charge in [-0.2, -0.15) is 0 Å². The Morgan fingerprint density at radius 1 is 1.13 bits per heavy atom. The zero-order chi connectivity index (χ0) is 11.6. The third-order valence-corrected chi connectivity index (χ3v) is 2.25. The molecule has 1 rings (SSSR count). The molecule has 1 saturated heterocycles. The number of hydrogen-bond acceptors (Lipinski definition) is 6. The molecule has 4 N–H and O–H groups in total. The van der Waals surface area contributed by atoms with Crippen molar-refractivity contribution >= 4 is 0 Å². The fourth-order valence-electron chi connectivity index (χ4n) is 1.45. The predicted molar refractivity (Wildman–Crippen MR) is 50.0 cm³/mol. The van der Waals surface area contributed by atoms with Crippen LogP contribution in [-0.4, -0.2) is 63.8 Å². The molecule has 0 amide bonds. The average molecular weight is 222 g/mol. The summed E-state index contributed by atoms with van der Waals surface area (Å²) < 4.78 is 10.3. The van der Waals surface area contributed by atoms with E-state index in [1.807, 2.05) is 0 Å². The maximum Gasteiger partial charge on any atom is 0.186 e. The maximum absolute atomic E-state index is 9.53.